The van der Waals surface area contributed by atoms with Gasteiger partial charge in [0.1, 0.15) is 6.04 Å². The molecule has 2 fully saturated rings. The van der Waals surface area contributed by atoms with Crippen LogP contribution in [-0.2, 0) is 9.53 Å². The Balaban J connectivity index is 1.38. The second-order valence-corrected chi connectivity index (χ2v) is 8.98. The van der Waals surface area contributed by atoms with E-state index in [1.807, 2.05) is 50.4 Å². The number of ether oxygens (including phenoxy) is 1. The number of amides is 2. The van der Waals surface area contributed by atoms with Crippen LogP contribution in [0.3, 0.4) is 0 Å². The Kier molecular flexibility index (Phi) is 5.51. The van der Waals surface area contributed by atoms with Gasteiger partial charge in [-0.1, -0.05) is 0 Å². The zero-order chi connectivity index (χ0) is 22.2. The van der Waals surface area contributed by atoms with E-state index in [9.17, 15) is 9.59 Å². The summed E-state index contributed by atoms with van der Waals surface area (Å²) in [7, 11) is 1.84. The molecule has 2 heterocycles. The molecule has 1 saturated heterocycles. The number of likely N-dealkylation sites (N-methyl/N-ethyl adjacent to an activating group) is 1. The fraction of sp³-hybridized carbons (Fsp3) is 0.440. The minimum atomic E-state index is -0.213. The van der Waals surface area contributed by atoms with Gasteiger partial charge in [-0.05, 0) is 75.1 Å². The number of fused-ring (bicyclic) bond motifs is 1. The maximum atomic E-state index is 12.9. The summed E-state index contributed by atoms with van der Waals surface area (Å²) in [4.78, 5) is 29.1. The van der Waals surface area contributed by atoms with E-state index >= 15 is 0 Å². The number of nitrogens with one attached hydrogen (secondary N) is 2. The van der Waals surface area contributed by atoms with Crippen molar-refractivity contribution in [1.82, 2.24) is 5.32 Å². The second kappa shape index (κ2) is 8.47. The van der Waals surface area contributed by atoms with Crippen molar-refractivity contribution >= 4 is 34.6 Å². The van der Waals surface area contributed by atoms with Gasteiger partial charge in [0.2, 0.25) is 5.91 Å². The van der Waals surface area contributed by atoms with Gasteiger partial charge in [0.05, 0.1) is 11.4 Å². The number of rotatable bonds is 5. The Bertz CT molecular complexity index is 1010. The van der Waals surface area contributed by atoms with Crippen molar-refractivity contribution in [2.24, 2.45) is 0 Å². The van der Waals surface area contributed by atoms with E-state index in [1.165, 1.54) is 0 Å². The minimum absolute atomic E-state index is 0.0124. The van der Waals surface area contributed by atoms with E-state index in [0.29, 0.717) is 11.6 Å². The molecule has 1 saturated carbocycles. The molecule has 0 spiro atoms. The smallest absolute Gasteiger partial charge is 0.251 e. The zero-order valence-electron chi connectivity index (χ0n) is 18.6. The highest BCUT2D eigenvalue weighted by molar-refractivity contribution is 6.05. The number of hydrogen-bond donors (Lipinski definition) is 2. The molecule has 0 radical (unpaired) electrons. The van der Waals surface area contributed by atoms with Gasteiger partial charge in [-0.25, -0.2) is 0 Å². The molecule has 2 aromatic rings. The minimum Gasteiger partial charge on any atom is -0.381 e. The summed E-state index contributed by atoms with van der Waals surface area (Å²) in [5.41, 5.74) is 4.53. The molecule has 1 atom stereocenters. The lowest BCUT2D eigenvalue weighted by Gasteiger charge is -2.45. The molecule has 7 nitrogen and oxygen atoms in total. The topological polar surface area (TPSA) is 73.9 Å². The van der Waals surface area contributed by atoms with Crippen molar-refractivity contribution < 1.29 is 14.3 Å². The van der Waals surface area contributed by atoms with Crippen molar-refractivity contribution in [3.05, 3.63) is 48.0 Å². The van der Waals surface area contributed by atoms with Gasteiger partial charge in [0, 0.05) is 49.3 Å². The predicted molar refractivity (Wildman–Crippen MR) is 126 cm³/mol. The molecule has 0 bridgehead atoms. The van der Waals surface area contributed by atoms with Crippen LogP contribution in [0.1, 0.15) is 43.0 Å². The van der Waals surface area contributed by atoms with Crippen molar-refractivity contribution in [2.75, 3.05) is 35.4 Å². The number of benzene rings is 2. The Morgan fingerprint density at radius 1 is 0.969 bits per heavy atom. The van der Waals surface area contributed by atoms with Gasteiger partial charge in [-0.3, -0.25) is 9.59 Å². The molecule has 5 rings (SSSR count). The number of hydrogen-bond acceptors (Lipinski definition) is 5. The molecule has 1 aliphatic carbocycles. The van der Waals surface area contributed by atoms with E-state index in [0.717, 1.165) is 61.6 Å². The highest BCUT2D eigenvalue weighted by atomic mass is 16.5. The summed E-state index contributed by atoms with van der Waals surface area (Å²) >= 11 is 0. The summed E-state index contributed by atoms with van der Waals surface area (Å²) in [6, 6.07) is 14.1. The number of anilines is 4. The number of carbonyl (C=O) groups excluding carboxylic acids is 2. The third kappa shape index (κ3) is 4.05. The largest absolute Gasteiger partial charge is 0.381 e. The number of carbonyl (C=O) groups is 2. The zero-order valence-corrected chi connectivity index (χ0v) is 18.6. The summed E-state index contributed by atoms with van der Waals surface area (Å²) in [5, 5.41) is 6.47. The molecular formula is C25H30N4O3. The highest BCUT2D eigenvalue weighted by Gasteiger charge is 2.38. The van der Waals surface area contributed by atoms with Gasteiger partial charge >= 0.3 is 0 Å². The predicted octanol–water partition coefficient (Wildman–Crippen LogP) is 3.67. The van der Waals surface area contributed by atoms with Crippen LogP contribution in [0.2, 0.25) is 0 Å². The molecule has 2 N–H and O–H groups in total. The fourth-order valence-electron chi connectivity index (χ4n) is 4.66. The van der Waals surface area contributed by atoms with Crippen molar-refractivity contribution in [2.45, 2.75) is 50.7 Å². The van der Waals surface area contributed by atoms with Crippen LogP contribution >= 0.6 is 0 Å². The van der Waals surface area contributed by atoms with Crippen LogP contribution in [-0.4, -0.2) is 50.2 Å². The molecule has 2 aliphatic heterocycles. The van der Waals surface area contributed by atoms with Crippen LogP contribution in [0, 0.1) is 0 Å². The first kappa shape index (κ1) is 20.8. The first-order chi connectivity index (χ1) is 15.5. The van der Waals surface area contributed by atoms with Crippen LogP contribution in [0.15, 0.2) is 42.5 Å². The summed E-state index contributed by atoms with van der Waals surface area (Å²) in [6.45, 7) is 3.44. The molecule has 7 heteroatoms. The molecule has 2 aromatic carbocycles. The third-order valence-electron chi connectivity index (χ3n) is 6.65. The third-order valence-corrected chi connectivity index (χ3v) is 6.65. The first-order valence-corrected chi connectivity index (χ1v) is 11.5. The van der Waals surface area contributed by atoms with Crippen molar-refractivity contribution in [1.29, 1.82) is 0 Å². The van der Waals surface area contributed by atoms with Crippen molar-refractivity contribution in [3.63, 3.8) is 0 Å². The fourth-order valence-corrected chi connectivity index (χ4v) is 4.66. The lowest BCUT2D eigenvalue weighted by molar-refractivity contribution is -0.119. The van der Waals surface area contributed by atoms with Gasteiger partial charge in [0.25, 0.3) is 5.91 Å². The van der Waals surface area contributed by atoms with Crippen LogP contribution in [0.25, 0.3) is 0 Å². The average Bonchev–Trinajstić information content (AvgIpc) is 3.63. The molecule has 2 amide bonds. The van der Waals surface area contributed by atoms with E-state index in [-0.39, 0.29) is 23.9 Å². The maximum Gasteiger partial charge on any atom is 0.251 e. The van der Waals surface area contributed by atoms with Gasteiger partial charge in [-0.15, -0.1) is 0 Å². The van der Waals surface area contributed by atoms with E-state index < -0.39 is 0 Å². The Morgan fingerprint density at radius 3 is 2.34 bits per heavy atom. The van der Waals surface area contributed by atoms with Crippen molar-refractivity contribution in [3.8, 4) is 0 Å². The quantitative estimate of drug-likeness (QED) is 0.751. The first-order valence-electron chi connectivity index (χ1n) is 11.5. The van der Waals surface area contributed by atoms with Crippen LogP contribution in [0.4, 0.5) is 22.7 Å². The summed E-state index contributed by atoms with van der Waals surface area (Å²) in [5.74, 6) is 0.103. The maximum absolute atomic E-state index is 12.9. The molecular weight excluding hydrogens is 404 g/mol. The van der Waals surface area contributed by atoms with Crippen LogP contribution < -0.4 is 20.4 Å². The van der Waals surface area contributed by atoms with Gasteiger partial charge in [-0.2, -0.15) is 0 Å². The number of nitrogens with zero attached hydrogens (tertiary/aromatic N) is 2. The summed E-state index contributed by atoms with van der Waals surface area (Å²) < 4.78 is 5.55. The standard InChI is InChI=1S/C25H30N4O3/c1-16-25(31)28(2)22-10-9-20(15-23(22)29(16)21-11-13-32-14-12-21)26-18-5-3-17(4-6-18)24(30)27-19-7-8-19/h3-6,9-10,15-16,19,21,26H,7-8,11-14H2,1-2H3,(H,27,30). The second-order valence-electron chi connectivity index (χ2n) is 8.98. The van der Waals surface area contributed by atoms with Gasteiger partial charge in [0.15, 0.2) is 0 Å². The SMILES string of the molecule is CC1C(=O)N(C)c2ccc(Nc3ccc(C(=O)NC4CC4)cc3)cc2N1C1CCOCC1. The Morgan fingerprint density at radius 2 is 1.66 bits per heavy atom. The molecule has 1 unspecified atom stereocenters. The molecule has 32 heavy (non-hydrogen) atoms. The highest BCUT2D eigenvalue weighted by Crippen LogP contribution is 2.40. The average molecular weight is 435 g/mol. The normalized spacial score (nSPS) is 21.3. The van der Waals surface area contributed by atoms with E-state index in [2.05, 4.69) is 21.6 Å². The monoisotopic (exact) mass is 434 g/mol. The van der Waals surface area contributed by atoms with E-state index in [4.69, 9.17) is 4.74 Å². The molecule has 3 aliphatic rings. The molecule has 0 aromatic heterocycles. The Labute approximate surface area is 188 Å². The Hall–Kier alpha value is -3.06. The van der Waals surface area contributed by atoms with Crippen LogP contribution in [0.5, 0.6) is 0 Å². The lowest BCUT2D eigenvalue weighted by atomic mass is 9.99. The van der Waals surface area contributed by atoms with Gasteiger partial charge < -0.3 is 25.2 Å². The summed E-state index contributed by atoms with van der Waals surface area (Å²) in [6.07, 6.45) is 3.99. The van der Waals surface area contributed by atoms with E-state index in [1.54, 1.807) is 4.90 Å². The molecule has 168 valence electrons. The lowest BCUT2D eigenvalue weighted by Crippen LogP contribution is -2.55.